The Morgan fingerprint density at radius 2 is 2.11 bits per heavy atom. The van der Waals surface area contributed by atoms with Gasteiger partial charge in [-0.25, -0.2) is 4.79 Å². The van der Waals surface area contributed by atoms with Crippen LogP contribution in [-0.2, 0) is 0 Å². The highest BCUT2D eigenvalue weighted by atomic mass is 32.1. The van der Waals surface area contributed by atoms with Crippen molar-refractivity contribution in [2.75, 3.05) is 19.7 Å². The normalized spacial score (nSPS) is 19.4. The van der Waals surface area contributed by atoms with Crippen molar-refractivity contribution in [3.63, 3.8) is 0 Å². The molecular weight excluding hydrogens is 266 g/mol. The first-order valence-corrected chi connectivity index (χ1v) is 7.16. The maximum atomic E-state index is 12.3. The number of aliphatic hydroxyl groups excluding tert-OH is 1. The molecule has 104 valence electrons. The van der Waals surface area contributed by atoms with E-state index in [0.717, 1.165) is 24.2 Å². The topological polar surface area (TPSA) is 77.8 Å². The van der Waals surface area contributed by atoms with Crippen LogP contribution in [-0.4, -0.2) is 46.7 Å². The van der Waals surface area contributed by atoms with Crippen LogP contribution in [0.3, 0.4) is 0 Å². The minimum atomic E-state index is -0.999. The Kier molecular flexibility index (Phi) is 4.55. The fourth-order valence-corrected chi connectivity index (χ4v) is 3.20. The molecule has 1 amide bonds. The van der Waals surface area contributed by atoms with E-state index in [1.807, 2.05) is 0 Å². The van der Waals surface area contributed by atoms with Gasteiger partial charge in [0.1, 0.15) is 4.88 Å². The number of likely N-dealkylation sites (tertiary alicyclic amines) is 1. The molecule has 1 aliphatic heterocycles. The fourth-order valence-electron chi connectivity index (χ4n) is 2.39. The summed E-state index contributed by atoms with van der Waals surface area (Å²) in [6.45, 7) is 1.51. The minimum Gasteiger partial charge on any atom is -0.477 e. The summed E-state index contributed by atoms with van der Waals surface area (Å²) < 4.78 is 0. The Morgan fingerprint density at radius 3 is 2.74 bits per heavy atom. The number of carboxylic acids is 1. The molecular formula is C13H17NO4S. The van der Waals surface area contributed by atoms with Gasteiger partial charge in [0, 0.05) is 19.7 Å². The molecule has 2 N–H and O–H groups in total. The highest BCUT2D eigenvalue weighted by Gasteiger charge is 2.25. The lowest BCUT2D eigenvalue weighted by molar-refractivity contribution is 0.0657. The summed E-state index contributed by atoms with van der Waals surface area (Å²) in [5.74, 6) is -0.748. The third-order valence-corrected chi connectivity index (χ3v) is 4.43. The number of thiophene rings is 1. The van der Waals surface area contributed by atoms with Gasteiger partial charge in [-0.2, -0.15) is 0 Å². The van der Waals surface area contributed by atoms with E-state index < -0.39 is 5.97 Å². The van der Waals surface area contributed by atoms with Crippen LogP contribution in [0.15, 0.2) is 12.1 Å². The maximum Gasteiger partial charge on any atom is 0.345 e. The van der Waals surface area contributed by atoms with E-state index >= 15 is 0 Å². The molecule has 1 aromatic rings. The third kappa shape index (κ3) is 3.33. The average Bonchev–Trinajstić information content (AvgIpc) is 2.88. The summed E-state index contributed by atoms with van der Waals surface area (Å²) in [5, 5.41) is 17.8. The Morgan fingerprint density at radius 1 is 1.37 bits per heavy atom. The number of hydrogen-bond acceptors (Lipinski definition) is 4. The van der Waals surface area contributed by atoms with Crippen molar-refractivity contribution in [2.24, 2.45) is 5.92 Å². The number of hydrogen-bond donors (Lipinski definition) is 2. The van der Waals surface area contributed by atoms with E-state index in [2.05, 4.69) is 0 Å². The van der Waals surface area contributed by atoms with Crippen molar-refractivity contribution in [1.82, 2.24) is 4.90 Å². The molecule has 19 heavy (non-hydrogen) atoms. The number of nitrogens with zero attached hydrogens (tertiary/aromatic N) is 1. The van der Waals surface area contributed by atoms with Crippen LogP contribution >= 0.6 is 11.3 Å². The molecule has 0 spiro atoms. The molecule has 1 aromatic heterocycles. The molecule has 5 nitrogen and oxygen atoms in total. The van der Waals surface area contributed by atoms with Gasteiger partial charge in [-0.1, -0.05) is 0 Å². The van der Waals surface area contributed by atoms with Crippen LogP contribution in [0.5, 0.6) is 0 Å². The molecule has 1 aliphatic rings. The molecule has 0 aliphatic carbocycles. The number of amides is 1. The zero-order valence-corrected chi connectivity index (χ0v) is 11.4. The van der Waals surface area contributed by atoms with Gasteiger partial charge in [0.05, 0.1) is 4.88 Å². The van der Waals surface area contributed by atoms with Crippen molar-refractivity contribution >= 4 is 23.2 Å². The molecule has 6 heteroatoms. The van der Waals surface area contributed by atoms with E-state index in [-0.39, 0.29) is 17.4 Å². The van der Waals surface area contributed by atoms with E-state index in [9.17, 15) is 9.59 Å². The van der Waals surface area contributed by atoms with Crippen molar-refractivity contribution in [1.29, 1.82) is 0 Å². The zero-order valence-electron chi connectivity index (χ0n) is 10.5. The van der Waals surface area contributed by atoms with E-state index in [1.54, 1.807) is 11.0 Å². The first kappa shape index (κ1) is 14.0. The summed E-state index contributed by atoms with van der Waals surface area (Å²) in [4.78, 5) is 25.5. The minimum absolute atomic E-state index is 0.0971. The van der Waals surface area contributed by atoms with Gasteiger partial charge < -0.3 is 15.1 Å². The van der Waals surface area contributed by atoms with Gasteiger partial charge in [0.2, 0.25) is 0 Å². The van der Waals surface area contributed by atoms with Crippen molar-refractivity contribution in [3.05, 3.63) is 21.9 Å². The van der Waals surface area contributed by atoms with Crippen LogP contribution < -0.4 is 0 Å². The van der Waals surface area contributed by atoms with Gasteiger partial charge >= 0.3 is 5.97 Å². The largest absolute Gasteiger partial charge is 0.477 e. The second-order valence-electron chi connectivity index (χ2n) is 4.74. The Balaban J connectivity index is 2.03. The fraction of sp³-hybridized carbons (Fsp3) is 0.538. The third-order valence-electron chi connectivity index (χ3n) is 3.37. The molecule has 2 heterocycles. The van der Waals surface area contributed by atoms with Gasteiger partial charge in [-0.15, -0.1) is 11.3 Å². The van der Waals surface area contributed by atoms with Crippen LogP contribution in [0.25, 0.3) is 0 Å². The number of aromatic carboxylic acids is 1. The smallest absolute Gasteiger partial charge is 0.345 e. The molecule has 1 fully saturated rings. The standard InChI is InChI=1S/C13H17NO4S/c15-7-5-9-2-1-6-14(8-9)12(16)10-3-4-11(19-10)13(17)18/h3-4,9,15H,1-2,5-8H2,(H,17,18). The number of aliphatic hydroxyl groups is 1. The predicted molar refractivity (Wildman–Crippen MR) is 71.6 cm³/mol. The van der Waals surface area contributed by atoms with Gasteiger partial charge in [0.15, 0.2) is 0 Å². The number of carbonyl (C=O) groups is 2. The Hall–Kier alpha value is -1.40. The zero-order chi connectivity index (χ0) is 13.8. The lowest BCUT2D eigenvalue weighted by Gasteiger charge is -2.32. The highest BCUT2D eigenvalue weighted by Crippen LogP contribution is 2.24. The monoisotopic (exact) mass is 283 g/mol. The lowest BCUT2D eigenvalue weighted by Crippen LogP contribution is -2.39. The van der Waals surface area contributed by atoms with Crippen LogP contribution in [0, 0.1) is 5.92 Å². The van der Waals surface area contributed by atoms with Crippen molar-refractivity contribution in [3.8, 4) is 0 Å². The number of rotatable bonds is 4. The van der Waals surface area contributed by atoms with E-state index in [0.29, 0.717) is 30.3 Å². The number of piperidine rings is 1. The van der Waals surface area contributed by atoms with Crippen molar-refractivity contribution in [2.45, 2.75) is 19.3 Å². The molecule has 0 radical (unpaired) electrons. The first-order valence-electron chi connectivity index (χ1n) is 6.35. The number of carboxylic acid groups (broad SMARTS) is 1. The van der Waals surface area contributed by atoms with E-state index in [1.165, 1.54) is 6.07 Å². The summed E-state index contributed by atoms with van der Waals surface area (Å²) in [7, 11) is 0. The Bertz CT molecular complexity index is 469. The SMILES string of the molecule is O=C(O)c1ccc(C(=O)N2CCCC(CCO)C2)s1. The second kappa shape index (κ2) is 6.16. The number of carbonyl (C=O) groups excluding carboxylic acids is 1. The average molecular weight is 283 g/mol. The van der Waals surface area contributed by atoms with Gasteiger partial charge in [0.25, 0.3) is 5.91 Å². The van der Waals surface area contributed by atoms with Gasteiger partial charge in [-0.3, -0.25) is 4.79 Å². The molecule has 1 saturated heterocycles. The molecule has 0 aromatic carbocycles. The van der Waals surface area contributed by atoms with Crippen molar-refractivity contribution < 1.29 is 19.8 Å². The second-order valence-corrected chi connectivity index (χ2v) is 5.82. The molecule has 1 unspecified atom stereocenters. The van der Waals surface area contributed by atoms with Crippen LogP contribution in [0.2, 0.25) is 0 Å². The summed E-state index contributed by atoms with van der Waals surface area (Å²) in [6, 6.07) is 3.04. The maximum absolute atomic E-state index is 12.3. The Labute approximate surface area is 115 Å². The van der Waals surface area contributed by atoms with Gasteiger partial charge in [-0.05, 0) is 37.3 Å². The lowest BCUT2D eigenvalue weighted by atomic mass is 9.95. The molecule has 1 atom stereocenters. The molecule has 0 bridgehead atoms. The quantitative estimate of drug-likeness (QED) is 0.881. The summed E-state index contributed by atoms with van der Waals surface area (Å²) in [6.07, 6.45) is 2.69. The van der Waals surface area contributed by atoms with E-state index in [4.69, 9.17) is 10.2 Å². The summed E-state index contributed by atoms with van der Waals surface area (Å²) in [5.41, 5.74) is 0. The predicted octanol–water partition coefficient (Wildman–Crippen LogP) is 1.68. The van der Waals surface area contributed by atoms with Crippen LogP contribution in [0.4, 0.5) is 0 Å². The highest BCUT2D eigenvalue weighted by molar-refractivity contribution is 7.15. The molecule has 2 rings (SSSR count). The first-order chi connectivity index (χ1) is 9.11. The molecule has 0 saturated carbocycles. The van der Waals surface area contributed by atoms with Crippen LogP contribution in [0.1, 0.15) is 38.6 Å². The summed E-state index contributed by atoms with van der Waals surface area (Å²) >= 11 is 1.02.